The van der Waals surface area contributed by atoms with Gasteiger partial charge in [-0.2, -0.15) is 0 Å². The molecule has 0 aromatic heterocycles. The molecule has 0 unspecified atom stereocenters. The smallest absolute Gasteiger partial charge is 0.243 e. The summed E-state index contributed by atoms with van der Waals surface area (Å²) in [5.74, 6) is -3.06. The first-order valence-electron chi connectivity index (χ1n) is 15.1. The normalized spacial score (nSPS) is 21.0. The van der Waals surface area contributed by atoms with Gasteiger partial charge in [0.05, 0.1) is 0 Å². The molecule has 0 radical (unpaired) electrons. The first kappa shape index (κ1) is 36.4. The Bertz CT molecular complexity index is 964. The lowest BCUT2D eigenvalue weighted by atomic mass is 9.97. The molecule has 0 aromatic rings. The maximum Gasteiger partial charge on any atom is 0.243 e. The molecule has 1 aliphatic rings. The van der Waals surface area contributed by atoms with E-state index in [1.807, 2.05) is 26.0 Å². The van der Waals surface area contributed by atoms with Gasteiger partial charge in [-0.25, -0.2) is 0 Å². The number of carbonyl (C=O) groups excluding carboxylic acids is 5. The number of carbonyl (C=O) groups is 5. The number of primary amides is 1. The van der Waals surface area contributed by atoms with Crippen LogP contribution in [0.3, 0.4) is 0 Å². The average Bonchev–Trinajstić information content (AvgIpc) is 2.93. The van der Waals surface area contributed by atoms with Crippen molar-refractivity contribution in [1.82, 2.24) is 21.3 Å². The highest BCUT2D eigenvalue weighted by Gasteiger charge is 2.32. The molecule has 0 aliphatic carbocycles. The molecule has 1 aliphatic heterocycles. The fourth-order valence-corrected chi connectivity index (χ4v) is 4.56. The third kappa shape index (κ3) is 13.8. The Morgan fingerprint density at radius 1 is 1.00 bits per heavy atom. The van der Waals surface area contributed by atoms with Crippen molar-refractivity contribution >= 4 is 35.5 Å². The minimum atomic E-state index is -1.05. The zero-order valence-electron chi connectivity index (χ0n) is 25.6. The van der Waals surface area contributed by atoms with Gasteiger partial charge in [0.25, 0.3) is 0 Å². The molecule has 1 heterocycles. The molecule has 0 fully saturated rings. The summed E-state index contributed by atoms with van der Waals surface area (Å²) in [4.78, 5) is 68.6. The van der Waals surface area contributed by atoms with Crippen LogP contribution < -0.4 is 38.5 Å². The van der Waals surface area contributed by atoms with Crippen molar-refractivity contribution in [2.45, 2.75) is 116 Å². The van der Waals surface area contributed by atoms with E-state index < -0.39 is 47.8 Å². The molecule has 42 heavy (non-hydrogen) atoms. The summed E-state index contributed by atoms with van der Waals surface area (Å²) >= 11 is 0. The van der Waals surface area contributed by atoms with Gasteiger partial charge in [0, 0.05) is 13.0 Å². The Morgan fingerprint density at radius 2 is 1.69 bits per heavy atom. The summed E-state index contributed by atoms with van der Waals surface area (Å²) < 4.78 is 0. The summed E-state index contributed by atoms with van der Waals surface area (Å²) in [5.41, 5.74) is 16.3. The maximum atomic E-state index is 13.6. The van der Waals surface area contributed by atoms with Gasteiger partial charge in [0.1, 0.15) is 24.2 Å². The topological polar surface area (TPSA) is 224 Å². The van der Waals surface area contributed by atoms with E-state index in [0.29, 0.717) is 19.3 Å². The van der Waals surface area contributed by atoms with Gasteiger partial charge in [-0.3, -0.25) is 29.0 Å². The van der Waals surface area contributed by atoms with E-state index in [4.69, 9.17) is 17.2 Å². The van der Waals surface area contributed by atoms with Crippen molar-refractivity contribution in [1.29, 1.82) is 0 Å². The van der Waals surface area contributed by atoms with Crippen molar-refractivity contribution in [2.24, 2.45) is 34.0 Å². The Hall–Kier alpha value is -3.64. The summed E-state index contributed by atoms with van der Waals surface area (Å²) in [6.45, 7) is 7.51. The second-order valence-electron chi connectivity index (χ2n) is 11.3. The van der Waals surface area contributed by atoms with Crippen LogP contribution in [-0.2, 0) is 24.0 Å². The molecule has 0 saturated carbocycles. The molecule has 0 spiro atoms. The molecular weight excluding hydrogens is 540 g/mol. The number of hydrogen-bond acceptors (Lipinski definition) is 6. The fourth-order valence-electron chi connectivity index (χ4n) is 4.56. The van der Waals surface area contributed by atoms with Gasteiger partial charge in [-0.15, -0.1) is 0 Å². The van der Waals surface area contributed by atoms with Gasteiger partial charge in [0.2, 0.25) is 29.5 Å². The number of guanidine groups is 1. The van der Waals surface area contributed by atoms with E-state index in [2.05, 4.69) is 26.3 Å². The van der Waals surface area contributed by atoms with Crippen LogP contribution in [0.15, 0.2) is 17.1 Å². The number of nitrogens with zero attached hydrogens (tertiary/aromatic N) is 1. The molecule has 13 nitrogen and oxygen atoms in total. The zero-order chi connectivity index (χ0) is 31.7. The second kappa shape index (κ2) is 19.5. The van der Waals surface area contributed by atoms with Crippen LogP contribution in [0.2, 0.25) is 0 Å². The number of aliphatic imine (C=N–C) groups is 1. The Kier molecular flexibility index (Phi) is 16.9. The third-order valence-electron chi connectivity index (χ3n) is 7.36. The quantitative estimate of drug-likeness (QED) is 0.0733. The fraction of sp³-hybridized carbons (Fsp3) is 0.724. The van der Waals surface area contributed by atoms with Gasteiger partial charge >= 0.3 is 0 Å². The second-order valence-corrected chi connectivity index (χ2v) is 11.3. The Morgan fingerprint density at radius 3 is 2.31 bits per heavy atom. The van der Waals surface area contributed by atoms with Crippen molar-refractivity contribution in [3.8, 4) is 0 Å². The van der Waals surface area contributed by atoms with Crippen LogP contribution in [0.25, 0.3) is 0 Å². The van der Waals surface area contributed by atoms with Gasteiger partial charge in [0.15, 0.2) is 5.96 Å². The summed E-state index contributed by atoms with van der Waals surface area (Å²) in [6.07, 6.45) is 9.92. The van der Waals surface area contributed by atoms with Crippen LogP contribution in [0, 0.1) is 11.8 Å². The average molecular weight is 593 g/mol. The lowest BCUT2D eigenvalue weighted by molar-refractivity contribution is -0.135. The minimum Gasteiger partial charge on any atom is -0.370 e. The van der Waals surface area contributed by atoms with E-state index >= 15 is 0 Å². The molecule has 0 saturated heterocycles. The Balaban J connectivity index is 3.23. The molecule has 13 heteroatoms. The summed E-state index contributed by atoms with van der Waals surface area (Å²) in [5, 5.41) is 11.0. The van der Waals surface area contributed by atoms with Gasteiger partial charge in [-0.1, -0.05) is 59.1 Å². The monoisotopic (exact) mass is 592 g/mol. The van der Waals surface area contributed by atoms with E-state index in [9.17, 15) is 24.0 Å². The molecule has 0 aromatic carbocycles. The standard InChI is InChI=1S/C29H52N8O5/c1-5-19(4)24-28(42)35-20(14-11-9-7-6-8-10-12-16-22(38)36-24)26(40)34-21(15-13-17-33-29(31)32)27(41)37-23(18(2)3)25(30)39/h9,11,18-21,23-24H,5-8,10,12-17H2,1-4H3,(H2,30,39)(H,34,40)(H,35,42)(H,36,38)(H,37,41)(H4,31,32,33)/t19-,20+,21+,23+,24+/m1/s1. The Labute approximate surface area is 249 Å². The zero-order valence-corrected chi connectivity index (χ0v) is 25.6. The van der Waals surface area contributed by atoms with Crippen LogP contribution in [-0.4, -0.2) is 66.2 Å². The largest absolute Gasteiger partial charge is 0.370 e. The number of nitrogens with one attached hydrogen (secondary N) is 4. The van der Waals surface area contributed by atoms with Crippen LogP contribution >= 0.6 is 0 Å². The molecule has 0 bridgehead atoms. The molecule has 5 atom stereocenters. The SMILES string of the molecule is CC[C@@H](C)[C@@H]1NC(=O)CCCCCCC=CC[C@@H](C(=O)N[C@@H](CCCN=C(N)N)C(=O)N[C@H](C(N)=O)C(C)C)NC1=O. The minimum absolute atomic E-state index is 0.0958. The number of allylic oxidation sites excluding steroid dienone is 1. The predicted molar refractivity (Wildman–Crippen MR) is 163 cm³/mol. The summed E-state index contributed by atoms with van der Waals surface area (Å²) in [7, 11) is 0. The highest BCUT2D eigenvalue weighted by Crippen LogP contribution is 2.13. The number of nitrogens with two attached hydrogens (primary N) is 3. The van der Waals surface area contributed by atoms with Crippen molar-refractivity contribution in [2.75, 3.05) is 6.54 Å². The summed E-state index contributed by atoms with van der Waals surface area (Å²) in [6, 6.07) is -3.80. The highest BCUT2D eigenvalue weighted by molar-refractivity contribution is 5.95. The van der Waals surface area contributed by atoms with Crippen molar-refractivity contribution < 1.29 is 24.0 Å². The van der Waals surface area contributed by atoms with Gasteiger partial charge in [-0.05, 0) is 50.4 Å². The van der Waals surface area contributed by atoms with Crippen LogP contribution in [0.4, 0.5) is 0 Å². The molecule has 5 amide bonds. The maximum absolute atomic E-state index is 13.6. The van der Waals surface area contributed by atoms with Crippen molar-refractivity contribution in [3.05, 3.63) is 12.2 Å². The van der Waals surface area contributed by atoms with Crippen molar-refractivity contribution in [3.63, 3.8) is 0 Å². The van der Waals surface area contributed by atoms with Gasteiger partial charge < -0.3 is 38.5 Å². The lowest BCUT2D eigenvalue weighted by Crippen LogP contribution is -2.59. The van der Waals surface area contributed by atoms with E-state index in [-0.39, 0.29) is 43.1 Å². The first-order valence-corrected chi connectivity index (χ1v) is 15.1. The van der Waals surface area contributed by atoms with E-state index in [1.165, 1.54) is 0 Å². The number of hydrogen-bond donors (Lipinski definition) is 7. The first-order chi connectivity index (χ1) is 19.9. The number of amides is 5. The number of rotatable bonds is 12. The van der Waals surface area contributed by atoms with E-state index in [0.717, 1.165) is 32.1 Å². The predicted octanol–water partition coefficient (Wildman–Crippen LogP) is 0.467. The van der Waals surface area contributed by atoms with Crippen LogP contribution in [0.5, 0.6) is 0 Å². The van der Waals surface area contributed by atoms with E-state index in [1.54, 1.807) is 13.8 Å². The lowest BCUT2D eigenvalue weighted by Gasteiger charge is -2.28. The molecule has 10 N–H and O–H groups in total. The molecule has 238 valence electrons. The third-order valence-corrected chi connectivity index (χ3v) is 7.36. The molecular formula is C29H52N8O5. The molecule has 1 rings (SSSR count). The van der Waals surface area contributed by atoms with Crippen LogP contribution in [0.1, 0.15) is 91.9 Å². The highest BCUT2D eigenvalue weighted by atomic mass is 16.2.